The van der Waals surface area contributed by atoms with E-state index in [1.807, 2.05) is 0 Å². The maximum Gasteiger partial charge on any atom is 0.223 e. The third-order valence-electron chi connectivity index (χ3n) is 4.72. The van der Waals surface area contributed by atoms with Crippen LogP contribution in [-0.4, -0.2) is 28.7 Å². The van der Waals surface area contributed by atoms with Gasteiger partial charge in [-0.05, 0) is 31.7 Å². The summed E-state index contributed by atoms with van der Waals surface area (Å²) in [6.45, 7) is 3.03. The number of ether oxygens (including phenoxy) is 1. The van der Waals surface area contributed by atoms with E-state index in [2.05, 4.69) is 46.5 Å². The Morgan fingerprint density at radius 2 is 2.09 bits per heavy atom. The van der Waals surface area contributed by atoms with E-state index in [0.29, 0.717) is 11.9 Å². The van der Waals surface area contributed by atoms with Gasteiger partial charge in [-0.3, -0.25) is 0 Å². The number of nitrogen functional groups attached to an aromatic ring is 1. The molecule has 0 bridgehead atoms. The lowest BCUT2D eigenvalue weighted by atomic mass is 10.0. The van der Waals surface area contributed by atoms with Crippen molar-refractivity contribution < 1.29 is 4.74 Å². The van der Waals surface area contributed by atoms with Crippen molar-refractivity contribution in [2.45, 2.75) is 44.8 Å². The van der Waals surface area contributed by atoms with E-state index in [0.717, 1.165) is 49.0 Å². The van der Waals surface area contributed by atoms with Crippen LogP contribution in [0.2, 0.25) is 0 Å². The van der Waals surface area contributed by atoms with Crippen LogP contribution in [0.15, 0.2) is 24.3 Å². The van der Waals surface area contributed by atoms with Crippen molar-refractivity contribution in [3.63, 3.8) is 0 Å². The molecular weight excluding hydrogens is 288 g/mol. The number of nitrogens with two attached hydrogens (primary N) is 1. The Bertz CT molecular complexity index is 731. The third kappa shape index (κ3) is 2.77. The number of nitrogens with one attached hydrogen (secondary N) is 1. The minimum Gasteiger partial charge on any atom is -0.473 e. The second-order valence-electron chi connectivity index (χ2n) is 6.51. The molecule has 1 aromatic carbocycles. The number of hydrogen-bond donors (Lipinski definition) is 2. The van der Waals surface area contributed by atoms with Crippen LogP contribution in [0, 0.1) is 0 Å². The Kier molecular flexibility index (Phi) is 3.65. The van der Waals surface area contributed by atoms with Gasteiger partial charge in [0.1, 0.15) is 6.10 Å². The van der Waals surface area contributed by atoms with Crippen LogP contribution in [0.25, 0.3) is 11.3 Å². The van der Waals surface area contributed by atoms with Gasteiger partial charge in [-0.15, -0.1) is 0 Å². The molecule has 1 aliphatic carbocycles. The zero-order valence-electron chi connectivity index (χ0n) is 13.4. The second-order valence-corrected chi connectivity index (χ2v) is 6.51. The second kappa shape index (κ2) is 5.81. The number of nitrogens with zero attached hydrogens (tertiary/aromatic N) is 2. The molecule has 1 saturated heterocycles. The molecule has 2 aliphatic rings. The van der Waals surface area contributed by atoms with Crippen LogP contribution in [0.5, 0.6) is 5.88 Å². The number of benzene rings is 1. The summed E-state index contributed by atoms with van der Waals surface area (Å²) in [7, 11) is 0. The number of hydrogen-bond acceptors (Lipinski definition) is 5. The van der Waals surface area contributed by atoms with E-state index in [-0.39, 0.29) is 12.1 Å². The Balaban J connectivity index is 1.76. The molecule has 5 heteroatoms. The zero-order valence-corrected chi connectivity index (χ0v) is 13.4. The molecule has 120 valence electrons. The van der Waals surface area contributed by atoms with E-state index in [4.69, 9.17) is 10.5 Å². The lowest BCUT2D eigenvalue weighted by Gasteiger charge is -2.17. The summed E-state index contributed by atoms with van der Waals surface area (Å²) >= 11 is 0. The molecule has 2 aromatic rings. The molecular formula is C18H22N4O. The quantitative estimate of drug-likeness (QED) is 0.891. The molecule has 2 heterocycles. The standard InChI is InChI=1S/C18H22N4O/c1-11-9-13(10-20-11)23-17-15-8-4-6-12-5-2-3-7-14(12)16(15)21-18(19)22-17/h2-3,5,7,11,13,20H,4,6,8-10H2,1H3,(H2,19,21,22)/t11-,13-/m1/s1. The van der Waals surface area contributed by atoms with E-state index < -0.39 is 0 Å². The van der Waals surface area contributed by atoms with Gasteiger partial charge < -0.3 is 15.8 Å². The highest BCUT2D eigenvalue weighted by atomic mass is 16.5. The molecule has 3 N–H and O–H groups in total. The first-order valence-corrected chi connectivity index (χ1v) is 8.35. The predicted molar refractivity (Wildman–Crippen MR) is 90.4 cm³/mol. The van der Waals surface area contributed by atoms with Crippen molar-refractivity contribution in [2.75, 3.05) is 12.3 Å². The fourth-order valence-corrected chi connectivity index (χ4v) is 3.59. The van der Waals surface area contributed by atoms with Crippen molar-refractivity contribution in [3.8, 4) is 17.1 Å². The molecule has 1 aliphatic heterocycles. The fourth-order valence-electron chi connectivity index (χ4n) is 3.59. The van der Waals surface area contributed by atoms with Gasteiger partial charge in [0, 0.05) is 30.1 Å². The fraction of sp³-hybridized carbons (Fsp3) is 0.444. The van der Waals surface area contributed by atoms with Crippen molar-refractivity contribution in [1.29, 1.82) is 0 Å². The average Bonchev–Trinajstić information content (AvgIpc) is 2.85. The van der Waals surface area contributed by atoms with Gasteiger partial charge in [0.2, 0.25) is 11.8 Å². The third-order valence-corrected chi connectivity index (χ3v) is 4.72. The first-order chi connectivity index (χ1) is 11.2. The maximum absolute atomic E-state index is 6.20. The summed E-state index contributed by atoms with van der Waals surface area (Å²) in [4.78, 5) is 8.94. The van der Waals surface area contributed by atoms with Crippen molar-refractivity contribution in [2.24, 2.45) is 0 Å². The van der Waals surface area contributed by atoms with Crippen LogP contribution < -0.4 is 15.8 Å². The zero-order chi connectivity index (χ0) is 15.8. The predicted octanol–water partition coefficient (Wildman–Crippen LogP) is 2.34. The Hall–Kier alpha value is -2.14. The summed E-state index contributed by atoms with van der Waals surface area (Å²) in [5.41, 5.74) is 10.5. The van der Waals surface area contributed by atoms with Gasteiger partial charge in [0.05, 0.1) is 5.69 Å². The largest absolute Gasteiger partial charge is 0.473 e. The van der Waals surface area contributed by atoms with Crippen LogP contribution in [0.4, 0.5) is 5.95 Å². The maximum atomic E-state index is 6.20. The van der Waals surface area contributed by atoms with Gasteiger partial charge in [-0.1, -0.05) is 24.3 Å². The summed E-state index contributed by atoms with van der Waals surface area (Å²) in [6.07, 6.45) is 4.20. The lowest BCUT2D eigenvalue weighted by Crippen LogP contribution is -2.22. The number of aromatic nitrogens is 2. The average molecular weight is 310 g/mol. The Morgan fingerprint density at radius 1 is 1.22 bits per heavy atom. The van der Waals surface area contributed by atoms with Crippen LogP contribution in [0.3, 0.4) is 0 Å². The van der Waals surface area contributed by atoms with E-state index in [1.165, 1.54) is 5.56 Å². The van der Waals surface area contributed by atoms with Crippen molar-refractivity contribution >= 4 is 5.95 Å². The van der Waals surface area contributed by atoms with Gasteiger partial charge >= 0.3 is 0 Å². The molecule has 23 heavy (non-hydrogen) atoms. The summed E-state index contributed by atoms with van der Waals surface area (Å²) in [6, 6.07) is 8.91. The highest BCUT2D eigenvalue weighted by Crippen LogP contribution is 2.36. The van der Waals surface area contributed by atoms with E-state index >= 15 is 0 Å². The molecule has 4 rings (SSSR count). The van der Waals surface area contributed by atoms with Crippen LogP contribution in [-0.2, 0) is 12.8 Å². The molecule has 0 unspecified atom stereocenters. The van der Waals surface area contributed by atoms with Crippen molar-refractivity contribution in [3.05, 3.63) is 35.4 Å². The Labute approximate surface area is 136 Å². The number of aryl methyl sites for hydroxylation is 1. The summed E-state index contributed by atoms with van der Waals surface area (Å²) in [5, 5.41) is 3.41. The molecule has 0 amide bonds. The SMILES string of the molecule is C[C@@H]1C[C@@H](Oc2nc(N)nc3c2CCCc2ccccc2-3)CN1. The van der Waals surface area contributed by atoms with Crippen LogP contribution >= 0.6 is 0 Å². The normalized spacial score (nSPS) is 23.0. The van der Waals surface area contributed by atoms with E-state index in [9.17, 15) is 0 Å². The minimum atomic E-state index is 0.155. The first-order valence-electron chi connectivity index (χ1n) is 8.35. The van der Waals surface area contributed by atoms with E-state index in [1.54, 1.807) is 0 Å². The van der Waals surface area contributed by atoms with Gasteiger partial charge in [0.25, 0.3) is 0 Å². The first kappa shape index (κ1) is 14.5. The number of anilines is 1. The molecule has 0 spiro atoms. The summed E-state index contributed by atoms with van der Waals surface area (Å²) in [5.74, 6) is 0.958. The van der Waals surface area contributed by atoms with Gasteiger partial charge in [0.15, 0.2) is 0 Å². The lowest BCUT2D eigenvalue weighted by molar-refractivity contribution is 0.209. The number of rotatable bonds is 2. The highest BCUT2D eigenvalue weighted by Gasteiger charge is 2.26. The Morgan fingerprint density at radius 3 is 2.91 bits per heavy atom. The minimum absolute atomic E-state index is 0.155. The monoisotopic (exact) mass is 310 g/mol. The molecule has 0 saturated carbocycles. The van der Waals surface area contributed by atoms with Crippen LogP contribution in [0.1, 0.15) is 30.9 Å². The molecule has 1 fully saturated rings. The molecule has 5 nitrogen and oxygen atoms in total. The van der Waals surface area contributed by atoms with Crippen molar-refractivity contribution in [1.82, 2.24) is 15.3 Å². The highest BCUT2D eigenvalue weighted by molar-refractivity contribution is 5.70. The topological polar surface area (TPSA) is 73.1 Å². The molecule has 2 atom stereocenters. The molecule has 0 radical (unpaired) electrons. The van der Waals surface area contributed by atoms with Gasteiger partial charge in [-0.25, -0.2) is 4.98 Å². The summed E-state index contributed by atoms with van der Waals surface area (Å²) < 4.78 is 6.20. The number of fused-ring (bicyclic) bond motifs is 3. The molecule has 1 aromatic heterocycles. The smallest absolute Gasteiger partial charge is 0.223 e. The van der Waals surface area contributed by atoms with Gasteiger partial charge in [-0.2, -0.15) is 4.98 Å².